The summed E-state index contributed by atoms with van der Waals surface area (Å²) in [6.45, 7) is 13.7. The molecule has 1 atom stereocenters. The van der Waals surface area contributed by atoms with E-state index in [0.29, 0.717) is 13.2 Å². The van der Waals surface area contributed by atoms with Crippen molar-refractivity contribution in [2.45, 2.75) is 54.4 Å². The van der Waals surface area contributed by atoms with Crippen LogP contribution in [0.2, 0.25) is 0 Å². The summed E-state index contributed by atoms with van der Waals surface area (Å²) in [4.78, 5) is 12.1. The molecule has 0 aromatic rings. The van der Waals surface area contributed by atoms with Crippen LogP contribution in [0.25, 0.3) is 0 Å². The number of rotatable bonds is 5. The van der Waals surface area contributed by atoms with E-state index < -0.39 is 0 Å². The van der Waals surface area contributed by atoms with Crippen molar-refractivity contribution in [1.29, 1.82) is 0 Å². The summed E-state index contributed by atoms with van der Waals surface area (Å²) in [6, 6.07) is 0. The molecule has 0 aliphatic heterocycles. The van der Waals surface area contributed by atoms with Crippen LogP contribution in [0.3, 0.4) is 0 Å². The molecule has 102 valence electrons. The molecule has 0 amide bonds. The van der Waals surface area contributed by atoms with E-state index in [2.05, 4.69) is 41.5 Å². The molecule has 0 aliphatic carbocycles. The molecule has 0 radical (unpaired) electrons. The highest BCUT2D eigenvalue weighted by Crippen LogP contribution is 2.36. The normalized spacial score (nSPS) is 14.5. The maximum atomic E-state index is 12.1. The van der Waals surface area contributed by atoms with Gasteiger partial charge < -0.3 is 10.5 Å². The van der Waals surface area contributed by atoms with Gasteiger partial charge in [0.2, 0.25) is 0 Å². The molecule has 3 heteroatoms. The van der Waals surface area contributed by atoms with E-state index in [1.54, 1.807) is 0 Å². The zero-order valence-electron chi connectivity index (χ0n) is 12.3. The summed E-state index contributed by atoms with van der Waals surface area (Å²) in [5.74, 6) is -0.138. The van der Waals surface area contributed by atoms with Crippen LogP contribution in [0.5, 0.6) is 0 Å². The summed E-state index contributed by atoms with van der Waals surface area (Å²) < 4.78 is 5.30. The van der Waals surface area contributed by atoms with Crippen LogP contribution in [-0.4, -0.2) is 19.1 Å². The van der Waals surface area contributed by atoms with E-state index in [0.717, 1.165) is 12.8 Å². The van der Waals surface area contributed by atoms with Gasteiger partial charge in [0.05, 0.1) is 12.5 Å². The van der Waals surface area contributed by atoms with Crippen molar-refractivity contribution in [3.63, 3.8) is 0 Å². The van der Waals surface area contributed by atoms with Crippen molar-refractivity contribution < 1.29 is 9.53 Å². The third-order valence-corrected chi connectivity index (χ3v) is 2.74. The standard InChI is InChI=1S/C14H29NO2/c1-13(2,3)10-11(14(4,5)6)12(16)17-9-7-8-15/h11H,7-10,15H2,1-6H3. The summed E-state index contributed by atoms with van der Waals surface area (Å²) >= 11 is 0. The number of carbonyl (C=O) groups excluding carboxylic acids is 1. The Morgan fingerprint density at radius 1 is 1.18 bits per heavy atom. The Morgan fingerprint density at radius 2 is 1.71 bits per heavy atom. The van der Waals surface area contributed by atoms with Gasteiger partial charge in [-0.25, -0.2) is 0 Å². The lowest BCUT2D eigenvalue weighted by Crippen LogP contribution is -2.34. The number of carbonyl (C=O) groups is 1. The first-order valence-electron chi connectivity index (χ1n) is 6.44. The van der Waals surface area contributed by atoms with Crippen molar-refractivity contribution in [3.8, 4) is 0 Å². The fraction of sp³-hybridized carbons (Fsp3) is 0.929. The highest BCUT2D eigenvalue weighted by atomic mass is 16.5. The van der Waals surface area contributed by atoms with Crippen LogP contribution in [-0.2, 0) is 9.53 Å². The zero-order valence-corrected chi connectivity index (χ0v) is 12.3. The molecule has 2 N–H and O–H groups in total. The number of esters is 1. The van der Waals surface area contributed by atoms with Crippen LogP contribution >= 0.6 is 0 Å². The smallest absolute Gasteiger partial charge is 0.309 e. The molecule has 0 spiro atoms. The van der Waals surface area contributed by atoms with Crippen molar-refractivity contribution >= 4 is 5.97 Å². The Labute approximate surface area is 106 Å². The average Bonchev–Trinajstić information content (AvgIpc) is 2.11. The Kier molecular flexibility index (Phi) is 6.17. The highest BCUT2D eigenvalue weighted by Gasteiger charge is 2.35. The number of ether oxygens (including phenoxy) is 1. The van der Waals surface area contributed by atoms with Gasteiger partial charge in [0.1, 0.15) is 0 Å². The molecule has 0 fully saturated rings. The monoisotopic (exact) mass is 243 g/mol. The molecule has 0 rings (SSSR count). The fourth-order valence-corrected chi connectivity index (χ4v) is 1.71. The zero-order chi connectivity index (χ0) is 13.7. The van der Waals surface area contributed by atoms with E-state index in [9.17, 15) is 4.79 Å². The molecule has 0 aromatic carbocycles. The first-order valence-corrected chi connectivity index (χ1v) is 6.44. The maximum absolute atomic E-state index is 12.1. The Morgan fingerprint density at radius 3 is 2.06 bits per heavy atom. The number of hydrogen-bond acceptors (Lipinski definition) is 3. The van der Waals surface area contributed by atoms with Crippen molar-refractivity contribution in [2.75, 3.05) is 13.2 Å². The first-order chi connectivity index (χ1) is 7.58. The van der Waals surface area contributed by atoms with E-state index in [4.69, 9.17) is 10.5 Å². The molecule has 0 aliphatic rings. The van der Waals surface area contributed by atoms with Crippen LogP contribution < -0.4 is 5.73 Å². The predicted molar refractivity (Wildman–Crippen MR) is 71.6 cm³/mol. The fourth-order valence-electron chi connectivity index (χ4n) is 1.71. The van der Waals surface area contributed by atoms with Crippen LogP contribution in [0.1, 0.15) is 54.4 Å². The second-order valence-electron chi connectivity index (χ2n) is 6.99. The largest absolute Gasteiger partial charge is 0.465 e. The van der Waals surface area contributed by atoms with Crippen LogP contribution in [0.15, 0.2) is 0 Å². The molecular formula is C14H29NO2. The quantitative estimate of drug-likeness (QED) is 0.596. The third-order valence-electron chi connectivity index (χ3n) is 2.74. The number of hydrogen-bond donors (Lipinski definition) is 1. The average molecular weight is 243 g/mol. The molecule has 0 bridgehead atoms. The summed E-state index contributed by atoms with van der Waals surface area (Å²) in [7, 11) is 0. The molecule has 0 aromatic heterocycles. The third kappa shape index (κ3) is 7.37. The van der Waals surface area contributed by atoms with Gasteiger partial charge in [0, 0.05) is 0 Å². The molecule has 17 heavy (non-hydrogen) atoms. The predicted octanol–water partition coefficient (Wildman–Crippen LogP) is 2.98. The van der Waals surface area contributed by atoms with Crippen LogP contribution in [0.4, 0.5) is 0 Å². The van der Waals surface area contributed by atoms with E-state index in [-0.39, 0.29) is 22.7 Å². The summed E-state index contributed by atoms with van der Waals surface area (Å²) in [6.07, 6.45) is 1.58. The minimum absolute atomic E-state index is 0.0553. The molecule has 0 heterocycles. The molecule has 1 unspecified atom stereocenters. The second-order valence-corrected chi connectivity index (χ2v) is 6.99. The van der Waals surface area contributed by atoms with Gasteiger partial charge in [-0.15, -0.1) is 0 Å². The lowest BCUT2D eigenvalue weighted by atomic mass is 9.72. The first kappa shape index (κ1) is 16.4. The SMILES string of the molecule is CC(C)(C)CC(C(=O)OCCCN)C(C)(C)C. The minimum atomic E-state index is -0.0825. The highest BCUT2D eigenvalue weighted by molar-refractivity contribution is 5.73. The van der Waals surface area contributed by atoms with Gasteiger partial charge in [0.15, 0.2) is 0 Å². The molecule has 0 saturated heterocycles. The minimum Gasteiger partial charge on any atom is -0.465 e. The van der Waals surface area contributed by atoms with Crippen molar-refractivity contribution in [3.05, 3.63) is 0 Å². The molecular weight excluding hydrogens is 214 g/mol. The van der Waals surface area contributed by atoms with Gasteiger partial charge in [-0.1, -0.05) is 41.5 Å². The van der Waals surface area contributed by atoms with Gasteiger partial charge in [-0.3, -0.25) is 4.79 Å². The van der Waals surface area contributed by atoms with Gasteiger partial charge >= 0.3 is 5.97 Å². The Bertz CT molecular complexity index is 236. The van der Waals surface area contributed by atoms with E-state index in [1.165, 1.54) is 0 Å². The Balaban J connectivity index is 4.54. The second kappa shape index (κ2) is 6.39. The van der Waals surface area contributed by atoms with Crippen LogP contribution in [0, 0.1) is 16.7 Å². The lowest BCUT2D eigenvalue weighted by Gasteiger charge is -2.33. The Hall–Kier alpha value is -0.570. The number of nitrogens with two attached hydrogens (primary N) is 1. The van der Waals surface area contributed by atoms with Gasteiger partial charge in [0.25, 0.3) is 0 Å². The van der Waals surface area contributed by atoms with Gasteiger partial charge in [-0.2, -0.15) is 0 Å². The topological polar surface area (TPSA) is 52.3 Å². The maximum Gasteiger partial charge on any atom is 0.309 e. The van der Waals surface area contributed by atoms with E-state index in [1.807, 2.05) is 0 Å². The van der Waals surface area contributed by atoms with Crippen molar-refractivity contribution in [1.82, 2.24) is 0 Å². The molecule has 3 nitrogen and oxygen atoms in total. The van der Waals surface area contributed by atoms with E-state index >= 15 is 0 Å². The summed E-state index contributed by atoms with van der Waals surface area (Å²) in [5, 5.41) is 0. The summed E-state index contributed by atoms with van der Waals surface area (Å²) in [5.41, 5.74) is 5.45. The molecule has 0 saturated carbocycles. The van der Waals surface area contributed by atoms with Gasteiger partial charge in [-0.05, 0) is 30.2 Å². The van der Waals surface area contributed by atoms with Crippen molar-refractivity contribution in [2.24, 2.45) is 22.5 Å². The lowest BCUT2D eigenvalue weighted by molar-refractivity contribution is -0.154.